The minimum atomic E-state index is -0.466. The van der Waals surface area contributed by atoms with Gasteiger partial charge in [-0.25, -0.2) is 4.39 Å². The van der Waals surface area contributed by atoms with E-state index in [1.54, 1.807) is 0 Å². The molecule has 0 saturated heterocycles. The van der Waals surface area contributed by atoms with Crippen LogP contribution >= 0.6 is 11.6 Å². The number of benzene rings is 1. The molecule has 0 atom stereocenters. The van der Waals surface area contributed by atoms with Gasteiger partial charge in [-0.1, -0.05) is 18.0 Å². The highest BCUT2D eigenvalue weighted by molar-refractivity contribution is 6.31. The number of carbonyl (C=O) groups excluding carboxylic acids is 1. The average molecular weight is 213 g/mol. The lowest BCUT2D eigenvalue weighted by atomic mass is 9.80. The van der Waals surface area contributed by atoms with E-state index >= 15 is 0 Å². The summed E-state index contributed by atoms with van der Waals surface area (Å²) in [6.45, 7) is 0. The smallest absolute Gasteiger partial charge is 0.168 e. The zero-order chi connectivity index (χ0) is 10.1. The van der Waals surface area contributed by atoms with Crippen molar-refractivity contribution in [3.63, 3.8) is 0 Å². The van der Waals surface area contributed by atoms with Crippen molar-refractivity contribution in [2.75, 3.05) is 0 Å². The Morgan fingerprint density at radius 3 is 2.71 bits per heavy atom. The van der Waals surface area contributed by atoms with Gasteiger partial charge >= 0.3 is 0 Å². The Morgan fingerprint density at radius 1 is 1.43 bits per heavy atom. The molecule has 14 heavy (non-hydrogen) atoms. The Morgan fingerprint density at radius 2 is 2.14 bits per heavy atom. The lowest BCUT2D eigenvalue weighted by molar-refractivity contribution is 0.0851. The minimum absolute atomic E-state index is 0.0166. The molecule has 0 radical (unpaired) electrons. The first kappa shape index (κ1) is 9.66. The number of carbonyl (C=O) groups is 1. The molecule has 0 aliphatic heterocycles. The van der Waals surface area contributed by atoms with Crippen LogP contribution in [0, 0.1) is 11.7 Å². The predicted octanol–water partition coefficient (Wildman–Crippen LogP) is 3.46. The van der Waals surface area contributed by atoms with Crippen molar-refractivity contribution < 1.29 is 9.18 Å². The predicted molar refractivity (Wildman–Crippen MR) is 53.1 cm³/mol. The molecule has 74 valence electrons. The van der Waals surface area contributed by atoms with Gasteiger partial charge < -0.3 is 0 Å². The monoisotopic (exact) mass is 212 g/mol. The summed E-state index contributed by atoms with van der Waals surface area (Å²) in [7, 11) is 0. The van der Waals surface area contributed by atoms with Crippen LogP contribution in [-0.2, 0) is 0 Å². The molecule has 0 unspecified atom stereocenters. The van der Waals surface area contributed by atoms with Gasteiger partial charge in [0, 0.05) is 10.9 Å². The zero-order valence-corrected chi connectivity index (χ0v) is 8.35. The van der Waals surface area contributed by atoms with Crippen LogP contribution in [0.5, 0.6) is 0 Å². The van der Waals surface area contributed by atoms with Crippen LogP contribution in [0.2, 0.25) is 5.02 Å². The van der Waals surface area contributed by atoms with Gasteiger partial charge in [-0.2, -0.15) is 0 Å². The van der Waals surface area contributed by atoms with Gasteiger partial charge in [-0.15, -0.1) is 0 Å². The summed E-state index contributed by atoms with van der Waals surface area (Å²) in [6, 6.07) is 4.11. The van der Waals surface area contributed by atoms with E-state index in [1.165, 1.54) is 18.2 Å². The van der Waals surface area contributed by atoms with Gasteiger partial charge in [0.1, 0.15) is 5.82 Å². The van der Waals surface area contributed by atoms with E-state index in [0.717, 1.165) is 19.3 Å². The van der Waals surface area contributed by atoms with Crippen LogP contribution in [0.4, 0.5) is 4.39 Å². The zero-order valence-electron chi connectivity index (χ0n) is 7.59. The van der Waals surface area contributed by atoms with Crippen molar-refractivity contribution in [3.05, 3.63) is 34.6 Å². The normalized spacial score (nSPS) is 16.4. The number of hydrogen-bond acceptors (Lipinski definition) is 1. The van der Waals surface area contributed by atoms with Crippen LogP contribution in [0.25, 0.3) is 0 Å². The molecule has 1 aliphatic rings. The van der Waals surface area contributed by atoms with Gasteiger partial charge in [-0.3, -0.25) is 4.79 Å². The fourth-order valence-electron chi connectivity index (χ4n) is 1.58. The second-order valence-electron chi connectivity index (χ2n) is 3.62. The molecule has 0 heterocycles. The summed E-state index contributed by atoms with van der Waals surface area (Å²) in [5.41, 5.74) is 0.141. The standard InChI is InChI=1S/C11H10ClFO/c12-8-4-5-10(13)9(6-8)11(14)7-2-1-3-7/h4-7H,1-3H2. The third kappa shape index (κ3) is 1.67. The minimum Gasteiger partial charge on any atom is -0.294 e. The maximum Gasteiger partial charge on any atom is 0.168 e. The Balaban J connectivity index is 2.29. The topological polar surface area (TPSA) is 17.1 Å². The van der Waals surface area contributed by atoms with Crippen molar-refractivity contribution in [3.8, 4) is 0 Å². The quantitative estimate of drug-likeness (QED) is 0.687. The van der Waals surface area contributed by atoms with Gasteiger partial charge in [0.25, 0.3) is 0 Å². The number of halogens is 2. The average Bonchev–Trinajstić information content (AvgIpc) is 2.06. The second kappa shape index (κ2) is 3.70. The summed E-state index contributed by atoms with van der Waals surface area (Å²) >= 11 is 5.71. The second-order valence-corrected chi connectivity index (χ2v) is 4.05. The van der Waals surface area contributed by atoms with Crippen LogP contribution in [0.3, 0.4) is 0 Å². The van der Waals surface area contributed by atoms with Gasteiger partial charge in [0.2, 0.25) is 0 Å². The van der Waals surface area contributed by atoms with Crippen LogP contribution in [0.15, 0.2) is 18.2 Å². The summed E-state index contributed by atoms with van der Waals surface area (Å²) in [5, 5.41) is 0.411. The van der Waals surface area contributed by atoms with Crippen LogP contribution in [0.1, 0.15) is 29.6 Å². The van der Waals surface area contributed by atoms with Crippen molar-refractivity contribution in [2.45, 2.75) is 19.3 Å². The van der Waals surface area contributed by atoms with E-state index in [9.17, 15) is 9.18 Å². The molecule has 1 aromatic rings. The molecular weight excluding hydrogens is 203 g/mol. The van der Waals surface area contributed by atoms with Gasteiger partial charge in [0.05, 0.1) is 5.56 Å². The molecule has 0 spiro atoms. The third-order valence-electron chi connectivity index (χ3n) is 2.67. The molecule has 1 aromatic carbocycles. The maximum absolute atomic E-state index is 13.3. The van der Waals surface area contributed by atoms with Crippen molar-refractivity contribution in [2.24, 2.45) is 5.92 Å². The highest BCUT2D eigenvalue weighted by atomic mass is 35.5. The fraction of sp³-hybridized carbons (Fsp3) is 0.364. The van der Waals surface area contributed by atoms with Crippen LogP contribution < -0.4 is 0 Å². The molecule has 3 heteroatoms. The molecule has 0 N–H and O–H groups in total. The highest BCUT2D eigenvalue weighted by Crippen LogP contribution is 2.31. The largest absolute Gasteiger partial charge is 0.294 e. The molecule has 1 saturated carbocycles. The molecule has 1 aliphatic carbocycles. The molecule has 0 bridgehead atoms. The van der Waals surface area contributed by atoms with Crippen molar-refractivity contribution in [1.82, 2.24) is 0 Å². The Kier molecular flexibility index (Phi) is 2.55. The van der Waals surface area contributed by atoms with E-state index < -0.39 is 5.82 Å². The molecule has 2 rings (SSSR count). The van der Waals surface area contributed by atoms with E-state index in [1.807, 2.05) is 0 Å². The van der Waals surface area contributed by atoms with Crippen LogP contribution in [-0.4, -0.2) is 5.78 Å². The molecule has 1 fully saturated rings. The first-order chi connectivity index (χ1) is 6.68. The number of Topliss-reactive ketones (excluding diaryl/α,β-unsaturated/α-hetero) is 1. The Labute approximate surface area is 86.9 Å². The van der Waals surface area contributed by atoms with E-state index in [2.05, 4.69) is 0 Å². The summed E-state index contributed by atoms with van der Waals surface area (Å²) in [4.78, 5) is 11.7. The van der Waals surface area contributed by atoms with E-state index in [4.69, 9.17) is 11.6 Å². The number of rotatable bonds is 2. The SMILES string of the molecule is O=C(c1cc(Cl)ccc1F)C1CCC1. The first-order valence-electron chi connectivity index (χ1n) is 4.68. The number of hydrogen-bond donors (Lipinski definition) is 0. The summed E-state index contributed by atoms with van der Waals surface area (Å²) in [6.07, 6.45) is 2.83. The van der Waals surface area contributed by atoms with Gasteiger partial charge in [0.15, 0.2) is 5.78 Å². The molecule has 0 aromatic heterocycles. The molecule has 1 nitrogen and oxygen atoms in total. The lowest BCUT2D eigenvalue weighted by Gasteiger charge is -2.23. The Hall–Kier alpha value is -0.890. The van der Waals surface area contributed by atoms with E-state index in [0.29, 0.717) is 5.02 Å². The maximum atomic E-state index is 13.3. The van der Waals surface area contributed by atoms with Gasteiger partial charge in [-0.05, 0) is 31.0 Å². The third-order valence-corrected chi connectivity index (χ3v) is 2.90. The lowest BCUT2D eigenvalue weighted by Crippen LogP contribution is -2.22. The molecular formula is C11H10ClFO. The molecule has 0 amide bonds. The summed E-state index contributed by atoms with van der Waals surface area (Å²) in [5.74, 6) is -0.550. The summed E-state index contributed by atoms with van der Waals surface area (Å²) < 4.78 is 13.3. The highest BCUT2D eigenvalue weighted by Gasteiger charge is 2.27. The number of ketones is 1. The van der Waals surface area contributed by atoms with E-state index in [-0.39, 0.29) is 17.3 Å². The fourth-order valence-corrected chi connectivity index (χ4v) is 1.75. The Bertz CT molecular complexity index is 372. The first-order valence-corrected chi connectivity index (χ1v) is 5.05. The van der Waals surface area contributed by atoms with Crippen molar-refractivity contribution >= 4 is 17.4 Å². The van der Waals surface area contributed by atoms with Crippen molar-refractivity contribution in [1.29, 1.82) is 0 Å².